The highest BCUT2D eigenvalue weighted by atomic mass is 32.2. The molecule has 0 radical (unpaired) electrons. The number of sulfonamides is 1. The van der Waals surface area contributed by atoms with E-state index in [1.54, 1.807) is 0 Å². The van der Waals surface area contributed by atoms with Crippen LogP contribution >= 0.6 is 0 Å². The van der Waals surface area contributed by atoms with E-state index in [-0.39, 0.29) is 10.5 Å². The molecule has 3 rings (SSSR count). The van der Waals surface area contributed by atoms with Gasteiger partial charge in [-0.25, -0.2) is 17.9 Å². The summed E-state index contributed by atoms with van der Waals surface area (Å²) >= 11 is 0. The zero-order valence-corrected chi connectivity index (χ0v) is 14.3. The molecule has 1 atom stereocenters. The van der Waals surface area contributed by atoms with Gasteiger partial charge in [-0.3, -0.25) is 4.79 Å². The van der Waals surface area contributed by atoms with Crippen molar-refractivity contribution in [2.24, 2.45) is 5.14 Å². The van der Waals surface area contributed by atoms with Crippen LogP contribution in [0.2, 0.25) is 0 Å². The molecule has 10 heteroatoms. The highest BCUT2D eigenvalue weighted by Crippen LogP contribution is 2.33. The molecule has 0 spiro atoms. The van der Waals surface area contributed by atoms with E-state index in [2.05, 4.69) is 10.1 Å². The van der Waals surface area contributed by atoms with Gasteiger partial charge in [-0.15, -0.1) is 0 Å². The normalized spacial score (nSPS) is 17.9. The van der Waals surface area contributed by atoms with E-state index in [1.165, 1.54) is 4.90 Å². The van der Waals surface area contributed by atoms with Crippen LogP contribution in [0.4, 0.5) is 4.39 Å². The summed E-state index contributed by atoms with van der Waals surface area (Å²) in [7, 11) is -4.04. The highest BCUT2D eigenvalue weighted by molar-refractivity contribution is 7.89. The number of benzene rings is 1. The number of nitrogens with two attached hydrogens (primary N) is 1. The Morgan fingerprint density at radius 1 is 1.48 bits per heavy atom. The summed E-state index contributed by atoms with van der Waals surface area (Å²) in [5.41, 5.74) is -0.353. The lowest BCUT2D eigenvalue weighted by Crippen LogP contribution is -2.31. The number of primary sulfonamides is 1. The summed E-state index contributed by atoms with van der Waals surface area (Å²) < 4.78 is 42.2. The van der Waals surface area contributed by atoms with Crippen molar-refractivity contribution < 1.29 is 22.1 Å². The number of hydrogen-bond acceptors (Lipinski definition) is 6. The molecule has 1 aliphatic rings. The molecule has 1 aromatic heterocycles. The average molecular weight is 368 g/mol. The van der Waals surface area contributed by atoms with Crippen molar-refractivity contribution in [2.75, 3.05) is 6.54 Å². The van der Waals surface area contributed by atoms with Gasteiger partial charge in [-0.05, 0) is 31.0 Å². The summed E-state index contributed by atoms with van der Waals surface area (Å²) in [5.74, 6) is -0.632. The zero-order chi connectivity index (χ0) is 18.2. The van der Waals surface area contributed by atoms with E-state index in [0.29, 0.717) is 37.5 Å². The smallest absolute Gasteiger partial charge is 0.257 e. The summed E-state index contributed by atoms with van der Waals surface area (Å²) in [4.78, 5) is 18.1. The number of carbonyl (C=O) groups is 1. The van der Waals surface area contributed by atoms with E-state index in [1.807, 2.05) is 6.92 Å². The Morgan fingerprint density at radius 2 is 2.24 bits per heavy atom. The van der Waals surface area contributed by atoms with Crippen molar-refractivity contribution in [3.63, 3.8) is 0 Å². The minimum absolute atomic E-state index is 0.297. The number of halogens is 1. The number of likely N-dealkylation sites (tertiary alicyclic amines) is 1. The lowest BCUT2D eigenvalue weighted by molar-refractivity contribution is 0.0705. The topological polar surface area (TPSA) is 119 Å². The van der Waals surface area contributed by atoms with E-state index in [4.69, 9.17) is 9.66 Å². The standard InChI is InChI=1S/C15H17FN4O4S/c1-2-13-18-14(24-19-13)12-4-3-7-20(12)15(21)10-8-9(25(17,22)23)5-6-11(10)16/h5-6,8,12H,2-4,7H2,1H3,(H2,17,22,23)/t12-/m0/s1. The molecule has 1 fully saturated rings. The molecule has 25 heavy (non-hydrogen) atoms. The SMILES string of the molecule is CCc1noc([C@@H]2CCCN2C(=O)c2cc(S(N)(=O)=O)ccc2F)n1. The van der Waals surface area contributed by atoms with Gasteiger partial charge >= 0.3 is 0 Å². The maximum atomic E-state index is 14.1. The van der Waals surface area contributed by atoms with Crippen LogP contribution in [0.5, 0.6) is 0 Å². The average Bonchev–Trinajstić information content (AvgIpc) is 3.22. The molecule has 0 bridgehead atoms. The third-order valence-electron chi connectivity index (χ3n) is 4.10. The number of nitrogens with zero attached hydrogens (tertiary/aromatic N) is 3. The molecule has 1 aliphatic heterocycles. The van der Waals surface area contributed by atoms with E-state index < -0.39 is 27.8 Å². The number of aryl methyl sites for hydroxylation is 1. The maximum absolute atomic E-state index is 14.1. The Kier molecular flexibility index (Phi) is 4.56. The van der Waals surface area contributed by atoms with Gasteiger partial charge < -0.3 is 9.42 Å². The van der Waals surface area contributed by atoms with Gasteiger partial charge in [0.1, 0.15) is 11.9 Å². The molecule has 2 N–H and O–H groups in total. The molecule has 8 nitrogen and oxygen atoms in total. The van der Waals surface area contributed by atoms with Crippen molar-refractivity contribution in [3.8, 4) is 0 Å². The Hall–Kier alpha value is -2.33. The number of rotatable bonds is 4. The fourth-order valence-corrected chi connectivity index (χ4v) is 3.35. The monoisotopic (exact) mass is 368 g/mol. The van der Waals surface area contributed by atoms with Crippen molar-refractivity contribution in [1.82, 2.24) is 15.0 Å². The predicted octanol–water partition coefficient (Wildman–Crippen LogP) is 1.40. The zero-order valence-electron chi connectivity index (χ0n) is 13.5. The van der Waals surface area contributed by atoms with Gasteiger partial charge in [0.05, 0.1) is 10.5 Å². The van der Waals surface area contributed by atoms with Crippen LogP contribution < -0.4 is 5.14 Å². The Bertz CT molecular complexity index is 912. The molecular weight excluding hydrogens is 351 g/mol. The molecule has 1 saturated heterocycles. The predicted molar refractivity (Wildman–Crippen MR) is 84.5 cm³/mol. The van der Waals surface area contributed by atoms with E-state index in [9.17, 15) is 17.6 Å². The Balaban J connectivity index is 1.94. The molecule has 2 heterocycles. The Morgan fingerprint density at radius 3 is 2.88 bits per heavy atom. The molecule has 0 aliphatic carbocycles. The van der Waals surface area contributed by atoms with Crippen LogP contribution in [-0.2, 0) is 16.4 Å². The van der Waals surface area contributed by atoms with Gasteiger partial charge in [-0.1, -0.05) is 12.1 Å². The van der Waals surface area contributed by atoms with Crippen LogP contribution in [0, 0.1) is 5.82 Å². The number of hydrogen-bond donors (Lipinski definition) is 1. The van der Waals surface area contributed by atoms with Gasteiger partial charge in [0, 0.05) is 13.0 Å². The summed E-state index contributed by atoms with van der Waals surface area (Å²) in [6.07, 6.45) is 1.89. The van der Waals surface area contributed by atoms with Crippen molar-refractivity contribution in [1.29, 1.82) is 0 Å². The van der Waals surface area contributed by atoms with Crippen LogP contribution in [0.3, 0.4) is 0 Å². The van der Waals surface area contributed by atoms with Crippen LogP contribution in [0.15, 0.2) is 27.6 Å². The molecule has 2 aromatic rings. The fourth-order valence-electron chi connectivity index (χ4n) is 2.81. The first-order valence-corrected chi connectivity index (χ1v) is 9.31. The number of aromatic nitrogens is 2. The lowest BCUT2D eigenvalue weighted by Gasteiger charge is -2.22. The second-order valence-corrected chi connectivity index (χ2v) is 7.31. The third-order valence-corrected chi connectivity index (χ3v) is 5.01. The van der Waals surface area contributed by atoms with E-state index in [0.717, 1.165) is 18.2 Å². The first-order chi connectivity index (χ1) is 11.8. The van der Waals surface area contributed by atoms with Gasteiger partial charge in [0.25, 0.3) is 5.91 Å². The largest absolute Gasteiger partial charge is 0.337 e. The van der Waals surface area contributed by atoms with Crippen LogP contribution in [0.1, 0.15) is 47.9 Å². The van der Waals surface area contributed by atoms with Gasteiger partial charge in [0.15, 0.2) is 5.82 Å². The molecule has 134 valence electrons. The second kappa shape index (κ2) is 6.52. The minimum atomic E-state index is -4.04. The highest BCUT2D eigenvalue weighted by Gasteiger charge is 2.35. The summed E-state index contributed by atoms with van der Waals surface area (Å²) in [6, 6.07) is 2.43. The van der Waals surface area contributed by atoms with Crippen molar-refractivity contribution in [3.05, 3.63) is 41.3 Å². The first kappa shape index (κ1) is 17.5. The maximum Gasteiger partial charge on any atom is 0.257 e. The minimum Gasteiger partial charge on any atom is -0.337 e. The molecule has 0 saturated carbocycles. The molecule has 0 unspecified atom stereocenters. The number of amides is 1. The third kappa shape index (κ3) is 3.40. The van der Waals surface area contributed by atoms with Gasteiger partial charge in [0.2, 0.25) is 15.9 Å². The van der Waals surface area contributed by atoms with Crippen molar-refractivity contribution >= 4 is 15.9 Å². The second-order valence-electron chi connectivity index (χ2n) is 5.75. The lowest BCUT2D eigenvalue weighted by atomic mass is 10.1. The first-order valence-electron chi connectivity index (χ1n) is 7.77. The molecular formula is C15H17FN4O4S. The Labute approximate surface area is 143 Å². The summed E-state index contributed by atoms with van der Waals surface area (Å²) in [5, 5.41) is 8.87. The van der Waals surface area contributed by atoms with E-state index >= 15 is 0 Å². The van der Waals surface area contributed by atoms with Gasteiger partial charge in [-0.2, -0.15) is 4.98 Å². The fraction of sp³-hybridized carbons (Fsp3) is 0.400. The van der Waals surface area contributed by atoms with Crippen molar-refractivity contribution in [2.45, 2.75) is 37.1 Å². The van der Waals surface area contributed by atoms with Crippen LogP contribution in [0.25, 0.3) is 0 Å². The molecule has 1 amide bonds. The number of carbonyl (C=O) groups excluding carboxylic acids is 1. The molecule has 1 aromatic carbocycles. The van der Waals surface area contributed by atoms with Crippen LogP contribution in [-0.4, -0.2) is 35.9 Å². The summed E-state index contributed by atoms with van der Waals surface area (Å²) in [6.45, 7) is 2.26. The quantitative estimate of drug-likeness (QED) is 0.871.